The number of imidazole rings is 1. The summed E-state index contributed by atoms with van der Waals surface area (Å²) in [5, 5.41) is 5.22. The molecule has 10 heteroatoms. The van der Waals surface area contributed by atoms with Crippen LogP contribution in [0.15, 0.2) is 36.7 Å². The van der Waals surface area contributed by atoms with Crippen molar-refractivity contribution in [2.24, 2.45) is 0 Å². The Morgan fingerprint density at radius 3 is 2.84 bits per heavy atom. The molecule has 0 radical (unpaired) electrons. The number of hydrogen-bond acceptors (Lipinski definition) is 6. The minimum Gasteiger partial charge on any atom is -0.360 e. The largest absolute Gasteiger partial charge is 0.360 e. The van der Waals surface area contributed by atoms with Crippen LogP contribution >= 0.6 is 23.2 Å². The van der Waals surface area contributed by atoms with E-state index in [1.807, 2.05) is 30.0 Å². The van der Waals surface area contributed by atoms with E-state index in [0.717, 1.165) is 67.4 Å². The average molecular weight is 555 g/mol. The first-order valence-corrected chi connectivity index (χ1v) is 13.9. The number of hydrogen-bond donors (Lipinski definition) is 2. The third kappa shape index (κ3) is 5.72. The third-order valence-electron chi connectivity index (χ3n) is 7.21. The predicted octanol–water partition coefficient (Wildman–Crippen LogP) is 6.32. The van der Waals surface area contributed by atoms with Crippen LogP contribution in [-0.2, 0) is 0 Å². The van der Waals surface area contributed by atoms with Gasteiger partial charge < -0.3 is 20.1 Å². The summed E-state index contributed by atoms with van der Waals surface area (Å²) in [5.41, 5.74) is 2.87. The Morgan fingerprint density at radius 2 is 2.03 bits per heavy atom. The maximum Gasteiger partial charge on any atom is 0.255 e. The number of aromatic nitrogens is 4. The van der Waals surface area contributed by atoms with Gasteiger partial charge in [0.2, 0.25) is 0 Å². The van der Waals surface area contributed by atoms with Crippen molar-refractivity contribution >= 4 is 56.9 Å². The first-order chi connectivity index (χ1) is 18.3. The number of H-pyrrole nitrogens is 1. The van der Waals surface area contributed by atoms with Crippen LogP contribution in [-0.4, -0.2) is 68.9 Å². The van der Waals surface area contributed by atoms with E-state index in [1.54, 1.807) is 12.1 Å². The lowest BCUT2D eigenvalue weighted by molar-refractivity contribution is 0.0596. The summed E-state index contributed by atoms with van der Waals surface area (Å²) < 4.78 is 0. The monoisotopic (exact) mass is 553 g/mol. The smallest absolute Gasteiger partial charge is 0.255 e. The minimum absolute atomic E-state index is 0.0196. The first-order valence-electron chi connectivity index (χ1n) is 13.1. The van der Waals surface area contributed by atoms with Crippen LogP contribution in [0, 0.1) is 0 Å². The SMILES string of the molecule is C[C@@H](Nc1ncnc2cc(C(=O)N3CCCC[C@@H]3CCCN(C)C)c(Cl)cc12)c1nc2cc(Cl)ccc2[nH]1. The molecule has 38 heavy (non-hydrogen) atoms. The highest BCUT2D eigenvalue weighted by atomic mass is 35.5. The fraction of sp³-hybridized carbons (Fsp3) is 0.429. The number of piperidine rings is 1. The number of likely N-dealkylation sites (tertiary alicyclic amines) is 1. The zero-order valence-corrected chi connectivity index (χ0v) is 23.5. The van der Waals surface area contributed by atoms with Crippen molar-refractivity contribution in [1.29, 1.82) is 0 Å². The Balaban J connectivity index is 1.38. The molecule has 0 unspecified atom stereocenters. The molecule has 1 fully saturated rings. The van der Waals surface area contributed by atoms with Gasteiger partial charge in [0.1, 0.15) is 18.0 Å². The fourth-order valence-electron chi connectivity index (χ4n) is 5.20. The van der Waals surface area contributed by atoms with E-state index in [4.69, 9.17) is 23.2 Å². The molecule has 2 aromatic heterocycles. The lowest BCUT2D eigenvalue weighted by Crippen LogP contribution is -2.44. The van der Waals surface area contributed by atoms with E-state index in [2.05, 4.69) is 44.2 Å². The molecule has 1 saturated heterocycles. The van der Waals surface area contributed by atoms with Gasteiger partial charge in [0, 0.05) is 23.0 Å². The molecule has 0 saturated carbocycles. The van der Waals surface area contributed by atoms with Crippen molar-refractivity contribution in [3.05, 3.63) is 58.1 Å². The fourth-order valence-corrected chi connectivity index (χ4v) is 5.61. The van der Waals surface area contributed by atoms with Gasteiger partial charge in [-0.2, -0.15) is 0 Å². The normalized spacial score (nSPS) is 16.9. The summed E-state index contributed by atoms with van der Waals surface area (Å²) in [4.78, 5) is 34.8. The van der Waals surface area contributed by atoms with E-state index in [9.17, 15) is 4.79 Å². The number of benzene rings is 2. The molecule has 8 nitrogen and oxygen atoms in total. The van der Waals surface area contributed by atoms with E-state index < -0.39 is 0 Å². The molecule has 0 aliphatic carbocycles. The number of nitrogens with one attached hydrogen (secondary N) is 2. The van der Waals surface area contributed by atoms with Gasteiger partial charge in [0.15, 0.2) is 0 Å². The number of amides is 1. The molecule has 1 aliphatic rings. The average Bonchev–Trinajstić information content (AvgIpc) is 3.32. The standard InChI is InChI=1S/C28H33Cl2N7O/c1-17(26-34-23-10-9-18(29)13-25(23)35-26)33-27-21-14-22(30)20(15-24(21)31-16-32-27)28(38)37-12-5-4-7-19(37)8-6-11-36(2)3/h9-10,13-17,19H,4-8,11-12H2,1-3H3,(H,34,35)(H,31,32,33)/t17-,19-/m1/s1. The van der Waals surface area contributed by atoms with Crippen molar-refractivity contribution in [2.75, 3.05) is 32.5 Å². The van der Waals surface area contributed by atoms with Crippen molar-refractivity contribution in [2.45, 2.75) is 51.1 Å². The highest BCUT2D eigenvalue weighted by molar-refractivity contribution is 6.35. The summed E-state index contributed by atoms with van der Waals surface area (Å²) in [6, 6.07) is 9.24. The van der Waals surface area contributed by atoms with Gasteiger partial charge in [-0.15, -0.1) is 0 Å². The number of anilines is 1. The molecule has 2 N–H and O–H groups in total. The molecule has 5 rings (SSSR count). The number of carbonyl (C=O) groups excluding carboxylic acids is 1. The Hall–Kier alpha value is -2.94. The van der Waals surface area contributed by atoms with Gasteiger partial charge in [0.25, 0.3) is 5.91 Å². The molecule has 2 atom stereocenters. The zero-order valence-electron chi connectivity index (χ0n) is 22.0. The molecule has 0 bridgehead atoms. The highest BCUT2D eigenvalue weighted by Crippen LogP contribution is 2.32. The molecule has 2 aromatic carbocycles. The van der Waals surface area contributed by atoms with Gasteiger partial charge in [-0.25, -0.2) is 15.0 Å². The maximum atomic E-state index is 13.7. The molecule has 0 spiro atoms. The Labute approximate surface area is 232 Å². The van der Waals surface area contributed by atoms with Gasteiger partial charge in [-0.05, 0) is 90.0 Å². The molecular formula is C28H33Cl2N7O. The number of carbonyl (C=O) groups is 1. The Bertz CT molecular complexity index is 1450. The van der Waals surface area contributed by atoms with E-state index >= 15 is 0 Å². The van der Waals surface area contributed by atoms with Crippen LogP contribution in [0.1, 0.15) is 61.3 Å². The zero-order chi connectivity index (χ0) is 26.8. The van der Waals surface area contributed by atoms with Crippen LogP contribution in [0.3, 0.4) is 0 Å². The maximum absolute atomic E-state index is 13.7. The van der Waals surface area contributed by atoms with Crippen LogP contribution in [0.5, 0.6) is 0 Å². The van der Waals surface area contributed by atoms with Crippen molar-refractivity contribution < 1.29 is 4.79 Å². The predicted molar refractivity (Wildman–Crippen MR) is 154 cm³/mol. The summed E-state index contributed by atoms with van der Waals surface area (Å²) in [7, 11) is 4.16. The number of fused-ring (bicyclic) bond motifs is 2. The van der Waals surface area contributed by atoms with Crippen molar-refractivity contribution in [3.63, 3.8) is 0 Å². The summed E-state index contributed by atoms with van der Waals surface area (Å²) >= 11 is 12.9. The number of rotatable bonds is 8. The molecule has 200 valence electrons. The number of aromatic amines is 1. The van der Waals surface area contributed by atoms with Gasteiger partial charge in [-0.3, -0.25) is 4.79 Å². The van der Waals surface area contributed by atoms with Crippen LogP contribution in [0.4, 0.5) is 5.82 Å². The Morgan fingerprint density at radius 1 is 1.18 bits per heavy atom. The highest BCUT2D eigenvalue weighted by Gasteiger charge is 2.29. The van der Waals surface area contributed by atoms with Gasteiger partial charge in [-0.1, -0.05) is 23.2 Å². The molecular weight excluding hydrogens is 521 g/mol. The van der Waals surface area contributed by atoms with E-state index in [0.29, 0.717) is 26.9 Å². The summed E-state index contributed by atoms with van der Waals surface area (Å²) in [6.45, 7) is 3.78. The molecule has 4 aromatic rings. The molecule has 1 amide bonds. The summed E-state index contributed by atoms with van der Waals surface area (Å²) in [5.74, 6) is 1.37. The van der Waals surface area contributed by atoms with Crippen LogP contribution < -0.4 is 5.32 Å². The molecule has 3 heterocycles. The number of nitrogens with zero attached hydrogens (tertiary/aromatic N) is 5. The minimum atomic E-state index is -0.171. The molecule has 1 aliphatic heterocycles. The third-order valence-corrected chi connectivity index (χ3v) is 7.76. The van der Waals surface area contributed by atoms with Gasteiger partial charge in [0.05, 0.1) is 33.2 Å². The lowest BCUT2D eigenvalue weighted by atomic mass is 9.96. The number of halogens is 2. The van der Waals surface area contributed by atoms with Crippen molar-refractivity contribution in [1.82, 2.24) is 29.7 Å². The topological polar surface area (TPSA) is 90.0 Å². The summed E-state index contributed by atoms with van der Waals surface area (Å²) in [6.07, 6.45) is 6.77. The lowest BCUT2D eigenvalue weighted by Gasteiger charge is -2.36. The van der Waals surface area contributed by atoms with E-state index in [1.165, 1.54) is 6.33 Å². The quantitative estimate of drug-likeness (QED) is 0.265. The van der Waals surface area contributed by atoms with Gasteiger partial charge >= 0.3 is 0 Å². The van der Waals surface area contributed by atoms with Crippen molar-refractivity contribution in [3.8, 4) is 0 Å². The van der Waals surface area contributed by atoms with E-state index in [-0.39, 0.29) is 18.0 Å². The second-order valence-corrected chi connectivity index (χ2v) is 11.2. The second-order valence-electron chi connectivity index (χ2n) is 10.3. The van der Waals surface area contributed by atoms with Crippen LogP contribution in [0.25, 0.3) is 21.9 Å². The first kappa shape index (κ1) is 26.7. The van der Waals surface area contributed by atoms with Crippen LogP contribution in [0.2, 0.25) is 10.0 Å². The second kappa shape index (κ2) is 11.4. The Kier molecular flexibility index (Phi) is 8.02.